The van der Waals surface area contributed by atoms with Gasteiger partial charge >= 0.3 is 0 Å². The quantitative estimate of drug-likeness (QED) is 0.809. The molecule has 0 fully saturated rings. The molecule has 15 heavy (non-hydrogen) atoms. The van der Waals surface area contributed by atoms with Gasteiger partial charge in [-0.15, -0.1) is 0 Å². The van der Waals surface area contributed by atoms with E-state index in [1.54, 1.807) is 0 Å². The van der Waals surface area contributed by atoms with Gasteiger partial charge in [-0.1, -0.05) is 25.5 Å². The van der Waals surface area contributed by atoms with E-state index in [0.717, 1.165) is 23.9 Å². The third kappa shape index (κ3) is 1.94. The van der Waals surface area contributed by atoms with Gasteiger partial charge in [-0.05, 0) is 36.6 Å². The summed E-state index contributed by atoms with van der Waals surface area (Å²) in [6.45, 7) is 4.22. The predicted molar refractivity (Wildman–Crippen MR) is 64.9 cm³/mol. The van der Waals surface area contributed by atoms with Crippen molar-refractivity contribution in [3.63, 3.8) is 0 Å². The van der Waals surface area contributed by atoms with Gasteiger partial charge in [0.25, 0.3) is 0 Å². The third-order valence-corrected chi connectivity index (χ3v) is 2.60. The number of hydrogen-bond acceptors (Lipinski definition) is 2. The molecular formula is C13H16N2. The van der Waals surface area contributed by atoms with Crippen molar-refractivity contribution in [3.8, 4) is 0 Å². The van der Waals surface area contributed by atoms with E-state index in [-0.39, 0.29) is 0 Å². The van der Waals surface area contributed by atoms with E-state index in [0.29, 0.717) is 5.82 Å². The molecule has 0 radical (unpaired) electrons. The summed E-state index contributed by atoms with van der Waals surface area (Å²) in [4.78, 5) is 4.43. The summed E-state index contributed by atoms with van der Waals surface area (Å²) >= 11 is 0. The Balaban J connectivity index is 2.60. The first kappa shape index (κ1) is 9.97. The maximum Gasteiger partial charge on any atom is 0.127 e. The van der Waals surface area contributed by atoms with Gasteiger partial charge in [-0.2, -0.15) is 0 Å². The zero-order valence-corrected chi connectivity index (χ0v) is 9.25. The second-order valence-electron chi connectivity index (χ2n) is 3.98. The van der Waals surface area contributed by atoms with Crippen LogP contribution in [0.15, 0.2) is 24.3 Å². The normalized spacial score (nSPS) is 10.8. The van der Waals surface area contributed by atoms with Gasteiger partial charge in [0.2, 0.25) is 0 Å². The lowest BCUT2D eigenvalue weighted by atomic mass is 10.1. The van der Waals surface area contributed by atoms with Crippen LogP contribution in [0.1, 0.15) is 24.5 Å². The van der Waals surface area contributed by atoms with Gasteiger partial charge in [-0.3, -0.25) is 0 Å². The highest BCUT2D eigenvalue weighted by atomic mass is 14.8. The Kier molecular flexibility index (Phi) is 2.58. The number of nitrogens with zero attached hydrogens (tertiary/aromatic N) is 1. The molecule has 0 saturated heterocycles. The predicted octanol–water partition coefficient (Wildman–Crippen LogP) is 3.08. The molecule has 2 N–H and O–H groups in total. The summed E-state index contributed by atoms with van der Waals surface area (Å²) in [6, 6.07) is 8.44. The maximum atomic E-state index is 5.91. The first-order chi connectivity index (χ1) is 7.20. The van der Waals surface area contributed by atoms with E-state index in [1.165, 1.54) is 10.9 Å². The van der Waals surface area contributed by atoms with Gasteiger partial charge < -0.3 is 5.73 Å². The zero-order chi connectivity index (χ0) is 10.8. The van der Waals surface area contributed by atoms with Gasteiger partial charge in [0.05, 0.1) is 5.52 Å². The van der Waals surface area contributed by atoms with Crippen molar-refractivity contribution < 1.29 is 0 Å². The van der Waals surface area contributed by atoms with Crippen molar-refractivity contribution in [2.24, 2.45) is 0 Å². The Morgan fingerprint density at radius 2 is 2.07 bits per heavy atom. The SMILES string of the molecule is CCCc1cc2ccc(C)cc2nc1N. The fraction of sp³-hybridized carbons (Fsp3) is 0.308. The Bertz CT molecular complexity index is 489. The minimum absolute atomic E-state index is 0.676. The van der Waals surface area contributed by atoms with E-state index in [1.807, 2.05) is 0 Å². The van der Waals surface area contributed by atoms with Crippen LogP contribution >= 0.6 is 0 Å². The number of benzene rings is 1. The summed E-state index contributed by atoms with van der Waals surface area (Å²) in [5.41, 5.74) is 9.29. The van der Waals surface area contributed by atoms with Crippen LogP contribution in [0.2, 0.25) is 0 Å². The molecule has 1 heterocycles. The molecule has 0 aliphatic carbocycles. The van der Waals surface area contributed by atoms with Crippen molar-refractivity contribution in [2.75, 3.05) is 5.73 Å². The summed E-state index contributed by atoms with van der Waals surface area (Å²) in [7, 11) is 0. The van der Waals surface area contributed by atoms with Crippen molar-refractivity contribution in [1.82, 2.24) is 4.98 Å². The van der Waals surface area contributed by atoms with Crippen LogP contribution in [-0.2, 0) is 6.42 Å². The minimum atomic E-state index is 0.676. The lowest BCUT2D eigenvalue weighted by Crippen LogP contribution is -1.98. The first-order valence-corrected chi connectivity index (χ1v) is 5.36. The second-order valence-corrected chi connectivity index (χ2v) is 3.98. The van der Waals surface area contributed by atoms with Crippen LogP contribution < -0.4 is 5.73 Å². The second kappa shape index (κ2) is 3.89. The van der Waals surface area contributed by atoms with Crippen LogP contribution in [0.5, 0.6) is 0 Å². The lowest BCUT2D eigenvalue weighted by molar-refractivity contribution is 0.921. The smallest absolute Gasteiger partial charge is 0.127 e. The molecule has 2 aromatic rings. The van der Waals surface area contributed by atoms with E-state index in [4.69, 9.17) is 5.73 Å². The number of anilines is 1. The molecule has 0 spiro atoms. The topological polar surface area (TPSA) is 38.9 Å². The van der Waals surface area contributed by atoms with E-state index < -0.39 is 0 Å². The molecule has 0 aliphatic heterocycles. The van der Waals surface area contributed by atoms with E-state index >= 15 is 0 Å². The number of pyridine rings is 1. The zero-order valence-electron chi connectivity index (χ0n) is 9.25. The molecule has 1 aromatic carbocycles. The van der Waals surface area contributed by atoms with Gasteiger partial charge in [0.15, 0.2) is 0 Å². The van der Waals surface area contributed by atoms with Crippen LogP contribution in [0.3, 0.4) is 0 Å². The molecule has 0 saturated carbocycles. The van der Waals surface area contributed by atoms with Gasteiger partial charge in [0, 0.05) is 5.39 Å². The maximum absolute atomic E-state index is 5.91. The highest BCUT2D eigenvalue weighted by Gasteiger charge is 2.03. The van der Waals surface area contributed by atoms with Gasteiger partial charge in [-0.25, -0.2) is 4.98 Å². The molecule has 0 bridgehead atoms. The molecular weight excluding hydrogens is 184 g/mol. The summed E-state index contributed by atoms with van der Waals surface area (Å²) in [6.07, 6.45) is 2.10. The molecule has 2 rings (SSSR count). The largest absolute Gasteiger partial charge is 0.383 e. The van der Waals surface area contributed by atoms with Crippen molar-refractivity contribution in [1.29, 1.82) is 0 Å². The number of rotatable bonds is 2. The molecule has 0 aliphatic rings. The molecule has 0 atom stereocenters. The molecule has 0 unspecified atom stereocenters. The highest BCUT2D eigenvalue weighted by molar-refractivity contribution is 5.82. The number of aryl methyl sites for hydroxylation is 2. The summed E-state index contributed by atoms with van der Waals surface area (Å²) in [5.74, 6) is 0.676. The van der Waals surface area contributed by atoms with Gasteiger partial charge in [0.1, 0.15) is 5.82 Å². The Hall–Kier alpha value is -1.57. The molecule has 78 valence electrons. The third-order valence-electron chi connectivity index (χ3n) is 2.60. The Morgan fingerprint density at radius 3 is 2.80 bits per heavy atom. The molecule has 2 nitrogen and oxygen atoms in total. The van der Waals surface area contributed by atoms with E-state index in [2.05, 4.69) is 43.1 Å². The summed E-state index contributed by atoms with van der Waals surface area (Å²) in [5, 5.41) is 1.18. The molecule has 1 aromatic heterocycles. The average molecular weight is 200 g/mol. The minimum Gasteiger partial charge on any atom is -0.383 e. The first-order valence-electron chi connectivity index (χ1n) is 5.36. The number of aromatic nitrogens is 1. The highest BCUT2D eigenvalue weighted by Crippen LogP contribution is 2.20. The monoisotopic (exact) mass is 200 g/mol. The number of nitrogens with two attached hydrogens (primary N) is 1. The lowest BCUT2D eigenvalue weighted by Gasteiger charge is -2.06. The molecule has 2 heteroatoms. The Morgan fingerprint density at radius 1 is 1.27 bits per heavy atom. The Labute approximate surface area is 90.1 Å². The molecule has 0 amide bonds. The van der Waals surface area contributed by atoms with E-state index in [9.17, 15) is 0 Å². The fourth-order valence-electron chi connectivity index (χ4n) is 1.81. The number of fused-ring (bicyclic) bond motifs is 1. The summed E-state index contributed by atoms with van der Waals surface area (Å²) < 4.78 is 0. The number of nitrogen functional groups attached to an aromatic ring is 1. The standard InChI is InChI=1S/C13H16N2/c1-3-4-11-8-10-6-5-9(2)7-12(10)15-13(11)14/h5-8H,3-4H2,1-2H3,(H2,14,15). The fourth-order valence-corrected chi connectivity index (χ4v) is 1.81. The average Bonchev–Trinajstić information content (AvgIpc) is 2.20. The van der Waals surface area contributed by atoms with Crippen molar-refractivity contribution in [3.05, 3.63) is 35.4 Å². The van der Waals surface area contributed by atoms with Crippen LogP contribution in [0, 0.1) is 6.92 Å². The van der Waals surface area contributed by atoms with Crippen LogP contribution in [0.25, 0.3) is 10.9 Å². The van der Waals surface area contributed by atoms with Crippen LogP contribution in [0.4, 0.5) is 5.82 Å². The van der Waals surface area contributed by atoms with Crippen molar-refractivity contribution in [2.45, 2.75) is 26.7 Å². The number of hydrogen-bond donors (Lipinski definition) is 1. The van der Waals surface area contributed by atoms with Crippen molar-refractivity contribution >= 4 is 16.7 Å². The van der Waals surface area contributed by atoms with Crippen LogP contribution in [-0.4, -0.2) is 4.98 Å².